The van der Waals surface area contributed by atoms with Crippen molar-refractivity contribution in [3.05, 3.63) is 58.4 Å². The number of likely N-dealkylation sites (tertiary alicyclic amines) is 1. The summed E-state index contributed by atoms with van der Waals surface area (Å²) in [6, 6.07) is 7.67. The molecular weight excluding hydrogens is 469 g/mol. The number of ether oxygens (including phenoxy) is 2. The van der Waals surface area contributed by atoms with Crippen LogP contribution in [0.2, 0.25) is 0 Å². The highest BCUT2D eigenvalue weighted by molar-refractivity contribution is 5.95. The van der Waals surface area contributed by atoms with Gasteiger partial charge in [-0.25, -0.2) is 4.39 Å². The Morgan fingerprint density at radius 2 is 2.06 bits per heavy atom. The summed E-state index contributed by atoms with van der Waals surface area (Å²) in [6.07, 6.45) is 1.07. The summed E-state index contributed by atoms with van der Waals surface area (Å²) in [5.74, 6) is -0.0185. The van der Waals surface area contributed by atoms with Gasteiger partial charge in [-0.15, -0.1) is 0 Å². The Balaban J connectivity index is 1.09. The first-order chi connectivity index (χ1) is 17.5. The summed E-state index contributed by atoms with van der Waals surface area (Å²) in [6.45, 7) is 2.85. The number of β-amino-alcohol motifs (C(OH)–C–C–N with tert-alkyl or cyclic N) is 1. The van der Waals surface area contributed by atoms with E-state index in [4.69, 9.17) is 9.47 Å². The number of amides is 1. The molecule has 3 aliphatic heterocycles. The molecule has 0 saturated carbocycles. The zero-order valence-corrected chi connectivity index (χ0v) is 19.4. The molecule has 3 N–H and O–H groups in total. The monoisotopic (exact) mass is 495 g/mol. The number of rotatable bonds is 6. The van der Waals surface area contributed by atoms with E-state index in [1.807, 2.05) is 0 Å². The lowest BCUT2D eigenvalue weighted by Crippen LogP contribution is -2.39. The van der Waals surface area contributed by atoms with Crippen LogP contribution >= 0.6 is 0 Å². The maximum Gasteiger partial charge on any atom is 0.262 e. The van der Waals surface area contributed by atoms with Crippen LogP contribution in [0.15, 0.2) is 41.3 Å². The second-order valence-corrected chi connectivity index (χ2v) is 9.51. The first-order valence-electron chi connectivity index (χ1n) is 12.0. The van der Waals surface area contributed by atoms with Gasteiger partial charge < -0.3 is 25.2 Å². The van der Waals surface area contributed by atoms with Crippen molar-refractivity contribution in [2.45, 2.75) is 18.7 Å². The van der Waals surface area contributed by atoms with Crippen molar-refractivity contribution in [1.82, 2.24) is 19.8 Å². The third-order valence-electron chi connectivity index (χ3n) is 7.00. The first-order valence-corrected chi connectivity index (χ1v) is 12.0. The molecule has 11 heteroatoms. The molecule has 0 aliphatic carbocycles. The molecule has 10 nitrogen and oxygen atoms in total. The number of fused-ring (bicyclic) bond motifs is 1. The maximum atomic E-state index is 14.3. The van der Waals surface area contributed by atoms with Crippen LogP contribution in [0, 0.1) is 11.7 Å². The molecule has 36 heavy (non-hydrogen) atoms. The fourth-order valence-corrected chi connectivity index (χ4v) is 5.28. The Morgan fingerprint density at radius 1 is 1.19 bits per heavy atom. The summed E-state index contributed by atoms with van der Waals surface area (Å²) < 4.78 is 27.0. The highest BCUT2D eigenvalue weighted by Gasteiger charge is 2.34. The summed E-state index contributed by atoms with van der Waals surface area (Å²) >= 11 is 0. The van der Waals surface area contributed by atoms with Crippen molar-refractivity contribution in [1.29, 1.82) is 0 Å². The molecule has 0 spiro atoms. The van der Waals surface area contributed by atoms with E-state index in [-0.39, 0.29) is 42.4 Å². The predicted octanol–water partition coefficient (Wildman–Crippen LogP) is 0.882. The van der Waals surface area contributed by atoms with E-state index in [1.165, 1.54) is 12.1 Å². The fraction of sp³-hybridized carbons (Fsp3) is 0.400. The average molecular weight is 496 g/mol. The molecule has 6 rings (SSSR count). The predicted molar refractivity (Wildman–Crippen MR) is 129 cm³/mol. The van der Waals surface area contributed by atoms with Gasteiger partial charge in [0.2, 0.25) is 0 Å². The van der Waals surface area contributed by atoms with E-state index < -0.39 is 11.9 Å². The Kier molecular flexibility index (Phi) is 5.82. The molecule has 1 saturated heterocycles. The number of carbonyl (C=O) groups excluding carboxylic acids is 1. The normalized spacial score (nSPS) is 23.2. The van der Waals surface area contributed by atoms with Gasteiger partial charge in [-0.1, -0.05) is 0 Å². The number of carbonyl (C=O) groups is 1. The summed E-state index contributed by atoms with van der Waals surface area (Å²) in [4.78, 5) is 30.7. The number of halogens is 1. The third-order valence-corrected chi connectivity index (χ3v) is 7.00. The summed E-state index contributed by atoms with van der Waals surface area (Å²) in [7, 11) is 0. The van der Waals surface area contributed by atoms with E-state index in [0.29, 0.717) is 49.7 Å². The number of hydrogen-bond acceptors (Lipinski definition) is 8. The van der Waals surface area contributed by atoms with Crippen LogP contribution in [0.25, 0.3) is 10.9 Å². The first kappa shape index (κ1) is 22.9. The minimum atomic E-state index is -0.525. The Labute approximate surface area is 205 Å². The van der Waals surface area contributed by atoms with Gasteiger partial charge in [0.1, 0.15) is 6.61 Å². The number of aliphatic hydroxyl groups is 1. The van der Waals surface area contributed by atoms with Crippen LogP contribution in [0.4, 0.5) is 10.1 Å². The van der Waals surface area contributed by atoms with Crippen LogP contribution in [0.1, 0.15) is 11.7 Å². The van der Waals surface area contributed by atoms with Gasteiger partial charge in [0, 0.05) is 50.1 Å². The van der Waals surface area contributed by atoms with Crippen LogP contribution in [0.5, 0.6) is 11.5 Å². The largest absolute Gasteiger partial charge is 0.486 e. The highest BCUT2D eigenvalue weighted by Crippen LogP contribution is 2.34. The Morgan fingerprint density at radius 3 is 2.94 bits per heavy atom. The van der Waals surface area contributed by atoms with Gasteiger partial charge in [0.05, 0.1) is 35.2 Å². The van der Waals surface area contributed by atoms with Gasteiger partial charge >= 0.3 is 0 Å². The van der Waals surface area contributed by atoms with Crippen LogP contribution in [0.3, 0.4) is 0 Å². The maximum absolute atomic E-state index is 14.3. The number of aromatic nitrogens is 2. The topological polar surface area (TPSA) is 118 Å². The van der Waals surface area contributed by atoms with Crippen molar-refractivity contribution < 1.29 is 23.8 Å². The number of aliphatic hydroxyl groups excluding tert-OH is 1. The number of anilines is 1. The zero-order chi connectivity index (χ0) is 24.8. The van der Waals surface area contributed by atoms with Gasteiger partial charge in [-0.3, -0.25) is 24.0 Å². The number of hydrogen-bond donors (Lipinski definition) is 3. The minimum Gasteiger partial charge on any atom is -0.486 e. The summed E-state index contributed by atoms with van der Waals surface area (Å²) in [5.41, 5.74) is 1.64. The van der Waals surface area contributed by atoms with Gasteiger partial charge in [0.15, 0.2) is 23.9 Å². The third kappa shape index (κ3) is 4.19. The smallest absolute Gasteiger partial charge is 0.262 e. The quantitative estimate of drug-likeness (QED) is 0.462. The molecular formula is C25H26FN5O5. The number of pyridine rings is 2. The van der Waals surface area contributed by atoms with E-state index in [0.717, 1.165) is 11.1 Å². The van der Waals surface area contributed by atoms with Crippen molar-refractivity contribution in [3.63, 3.8) is 0 Å². The van der Waals surface area contributed by atoms with Crippen molar-refractivity contribution >= 4 is 22.5 Å². The van der Waals surface area contributed by atoms with Crippen LogP contribution < -0.4 is 25.7 Å². The molecule has 0 radical (unpaired) electrons. The molecule has 3 atom stereocenters. The lowest BCUT2D eigenvalue weighted by Gasteiger charge is -2.31. The lowest BCUT2D eigenvalue weighted by molar-refractivity contribution is -0.118. The molecule has 1 fully saturated rings. The molecule has 1 aromatic carbocycles. The van der Waals surface area contributed by atoms with Gasteiger partial charge in [-0.2, -0.15) is 0 Å². The number of nitrogens with one attached hydrogen (secondary N) is 2. The van der Waals surface area contributed by atoms with E-state index in [9.17, 15) is 19.1 Å². The van der Waals surface area contributed by atoms with E-state index in [1.54, 1.807) is 29.0 Å². The van der Waals surface area contributed by atoms with E-state index in [2.05, 4.69) is 20.5 Å². The number of nitrogens with zero attached hydrogens (tertiary/aromatic N) is 3. The van der Waals surface area contributed by atoms with Crippen LogP contribution in [-0.2, 0) is 11.3 Å². The second-order valence-electron chi connectivity index (χ2n) is 9.51. The van der Waals surface area contributed by atoms with Crippen molar-refractivity contribution in [2.24, 2.45) is 5.92 Å². The SMILES string of the molecule is O=C1COc2cnc(CNC[C@H]3CN(C[C@@H]4COc5c(F)ccc6ccc(=O)n4c56)C[C@H]3O)cc2N1. The summed E-state index contributed by atoms with van der Waals surface area (Å²) in [5, 5.41) is 17.5. The van der Waals surface area contributed by atoms with Gasteiger partial charge in [0.25, 0.3) is 11.5 Å². The second kappa shape index (κ2) is 9.16. The van der Waals surface area contributed by atoms with Crippen LogP contribution in [-0.4, -0.2) is 71.0 Å². The minimum absolute atomic E-state index is 0.00702. The Bertz CT molecular complexity index is 1400. The van der Waals surface area contributed by atoms with E-state index >= 15 is 0 Å². The lowest BCUT2D eigenvalue weighted by atomic mass is 10.1. The molecule has 188 valence electrons. The van der Waals surface area contributed by atoms with Crippen molar-refractivity contribution in [3.8, 4) is 11.5 Å². The molecule has 1 amide bonds. The zero-order valence-electron chi connectivity index (χ0n) is 19.4. The standard InChI is InChI=1S/C25H26FN5O5/c26-18-3-1-14-2-4-23(34)31-17(12-36-25(18)24(14)31)10-30-9-15(20(32)11-30)6-27-7-16-5-19-21(8-28-16)35-13-22(33)29-19/h1-5,8,15,17,20,27,32H,6-7,9-13H2,(H,29,33)/t15-,17+,20+/m0/s1. The van der Waals surface area contributed by atoms with Gasteiger partial charge in [-0.05, 0) is 24.3 Å². The number of benzene rings is 1. The fourth-order valence-electron chi connectivity index (χ4n) is 5.28. The van der Waals surface area contributed by atoms with Crippen molar-refractivity contribution in [2.75, 3.05) is 44.7 Å². The molecule has 3 aliphatic rings. The molecule has 0 unspecified atom stereocenters. The molecule has 0 bridgehead atoms. The molecule has 5 heterocycles. The molecule has 3 aromatic rings. The molecule has 2 aromatic heterocycles. The highest BCUT2D eigenvalue weighted by atomic mass is 19.1. The average Bonchev–Trinajstić information content (AvgIpc) is 3.21. The Hall–Kier alpha value is -3.54.